The van der Waals surface area contributed by atoms with Crippen LogP contribution in [0.2, 0.25) is 0 Å². The molecule has 0 heterocycles. The van der Waals surface area contributed by atoms with Crippen LogP contribution in [0.3, 0.4) is 0 Å². The second kappa shape index (κ2) is 4.25. The van der Waals surface area contributed by atoms with E-state index in [1.807, 2.05) is 17.8 Å². The van der Waals surface area contributed by atoms with Crippen molar-refractivity contribution in [3.8, 4) is 0 Å². The Hall–Kier alpha value is 0.0900. The van der Waals surface area contributed by atoms with E-state index >= 15 is 0 Å². The van der Waals surface area contributed by atoms with Gasteiger partial charge in [-0.1, -0.05) is 13.0 Å². The van der Waals surface area contributed by atoms with Gasteiger partial charge in [0.15, 0.2) is 0 Å². The Morgan fingerprint density at radius 2 is 2.43 bits per heavy atom. The smallest absolute Gasteiger partial charge is 0.0219 e. The third-order valence-corrected chi connectivity index (χ3v) is 2.10. The SMILES string of the molecule is C=CC(CC)SC. The first-order valence-corrected chi connectivity index (χ1v) is 3.79. The molecule has 0 bridgehead atoms. The molecule has 0 radical (unpaired) electrons. The van der Waals surface area contributed by atoms with Gasteiger partial charge in [-0.15, -0.1) is 6.58 Å². The average molecular weight is 116 g/mol. The normalized spacial score (nSPS) is 13.4. The lowest BCUT2D eigenvalue weighted by atomic mass is 10.3. The summed E-state index contributed by atoms with van der Waals surface area (Å²) in [6.45, 7) is 5.85. The summed E-state index contributed by atoms with van der Waals surface area (Å²) < 4.78 is 0. The first-order chi connectivity index (χ1) is 3.35. The van der Waals surface area contributed by atoms with Crippen LogP contribution in [0.5, 0.6) is 0 Å². The molecule has 1 atom stereocenters. The van der Waals surface area contributed by atoms with E-state index in [1.54, 1.807) is 0 Å². The molecule has 0 saturated carbocycles. The molecule has 7 heavy (non-hydrogen) atoms. The number of rotatable bonds is 3. The van der Waals surface area contributed by atoms with E-state index in [9.17, 15) is 0 Å². The van der Waals surface area contributed by atoms with Gasteiger partial charge >= 0.3 is 0 Å². The molecular formula is C6H12S. The van der Waals surface area contributed by atoms with E-state index in [0.29, 0.717) is 5.25 Å². The summed E-state index contributed by atoms with van der Waals surface area (Å²) in [5, 5.41) is 0.667. The van der Waals surface area contributed by atoms with Crippen molar-refractivity contribution in [1.82, 2.24) is 0 Å². The van der Waals surface area contributed by atoms with Crippen molar-refractivity contribution in [3.63, 3.8) is 0 Å². The van der Waals surface area contributed by atoms with Gasteiger partial charge < -0.3 is 0 Å². The summed E-state index contributed by atoms with van der Waals surface area (Å²) in [6, 6.07) is 0. The summed E-state index contributed by atoms with van der Waals surface area (Å²) in [7, 11) is 0. The van der Waals surface area contributed by atoms with Gasteiger partial charge in [0, 0.05) is 5.25 Å². The Morgan fingerprint density at radius 3 is 2.43 bits per heavy atom. The average Bonchev–Trinajstić information content (AvgIpc) is 1.72. The summed E-state index contributed by atoms with van der Waals surface area (Å²) >= 11 is 1.85. The van der Waals surface area contributed by atoms with Gasteiger partial charge in [0.25, 0.3) is 0 Å². The molecule has 0 nitrogen and oxygen atoms in total. The van der Waals surface area contributed by atoms with Crippen LogP contribution in [0.25, 0.3) is 0 Å². The van der Waals surface area contributed by atoms with Crippen molar-refractivity contribution < 1.29 is 0 Å². The van der Waals surface area contributed by atoms with Crippen LogP contribution in [0.4, 0.5) is 0 Å². The summed E-state index contributed by atoms with van der Waals surface area (Å²) in [4.78, 5) is 0. The van der Waals surface area contributed by atoms with Gasteiger partial charge in [-0.2, -0.15) is 11.8 Å². The van der Waals surface area contributed by atoms with E-state index in [4.69, 9.17) is 0 Å². The highest BCUT2D eigenvalue weighted by atomic mass is 32.2. The van der Waals surface area contributed by atoms with Gasteiger partial charge in [-0.3, -0.25) is 0 Å². The largest absolute Gasteiger partial charge is 0.158 e. The Bertz CT molecular complexity index is 46.1. The summed E-state index contributed by atoms with van der Waals surface area (Å²) in [5.74, 6) is 0. The third kappa shape index (κ3) is 2.75. The topological polar surface area (TPSA) is 0 Å². The lowest BCUT2D eigenvalue weighted by Gasteiger charge is -2.01. The van der Waals surface area contributed by atoms with Crippen molar-refractivity contribution in [2.75, 3.05) is 6.26 Å². The molecule has 0 aromatic carbocycles. The second-order valence-corrected chi connectivity index (χ2v) is 2.50. The minimum Gasteiger partial charge on any atom is -0.158 e. The van der Waals surface area contributed by atoms with Crippen molar-refractivity contribution in [2.24, 2.45) is 0 Å². The predicted molar refractivity (Wildman–Crippen MR) is 37.8 cm³/mol. The van der Waals surface area contributed by atoms with E-state index in [2.05, 4.69) is 19.8 Å². The quantitative estimate of drug-likeness (QED) is 0.510. The number of hydrogen-bond acceptors (Lipinski definition) is 1. The van der Waals surface area contributed by atoms with Gasteiger partial charge in [0.05, 0.1) is 0 Å². The minimum atomic E-state index is 0.667. The zero-order chi connectivity index (χ0) is 5.70. The summed E-state index contributed by atoms with van der Waals surface area (Å²) in [5.41, 5.74) is 0. The highest BCUT2D eigenvalue weighted by Crippen LogP contribution is 2.09. The molecule has 0 saturated heterocycles. The molecule has 0 aromatic rings. The molecule has 0 N–H and O–H groups in total. The predicted octanol–water partition coefficient (Wildman–Crippen LogP) is 2.31. The first kappa shape index (κ1) is 7.09. The maximum absolute atomic E-state index is 3.68. The molecule has 1 unspecified atom stereocenters. The fourth-order valence-corrected chi connectivity index (χ4v) is 0.955. The number of hydrogen-bond donors (Lipinski definition) is 0. The van der Waals surface area contributed by atoms with Gasteiger partial charge in [0.1, 0.15) is 0 Å². The van der Waals surface area contributed by atoms with E-state index < -0.39 is 0 Å². The Morgan fingerprint density at radius 1 is 1.86 bits per heavy atom. The molecule has 0 rings (SSSR count). The van der Waals surface area contributed by atoms with Crippen LogP contribution >= 0.6 is 11.8 Å². The lowest BCUT2D eigenvalue weighted by Crippen LogP contribution is -1.90. The van der Waals surface area contributed by atoms with Crippen LogP contribution in [0.15, 0.2) is 12.7 Å². The standard InChI is InChI=1S/C6H12S/c1-4-6(5-2)7-3/h4,6H,1,5H2,2-3H3. The Kier molecular flexibility index (Phi) is 4.31. The second-order valence-electron chi connectivity index (χ2n) is 1.42. The molecule has 0 aliphatic heterocycles. The maximum atomic E-state index is 3.68. The van der Waals surface area contributed by atoms with E-state index in [-0.39, 0.29) is 0 Å². The highest BCUT2D eigenvalue weighted by Gasteiger charge is 1.92. The zero-order valence-corrected chi connectivity index (χ0v) is 5.79. The maximum Gasteiger partial charge on any atom is 0.0219 e. The van der Waals surface area contributed by atoms with Gasteiger partial charge in [-0.25, -0.2) is 0 Å². The van der Waals surface area contributed by atoms with Crippen molar-refractivity contribution in [1.29, 1.82) is 0 Å². The fraction of sp³-hybridized carbons (Fsp3) is 0.667. The molecule has 0 aliphatic carbocycles. The molecule has 0 fully saturated rings. The first-order valence-electron chi connectivity index (χ1n) is 2.50. The Balaban J connectivity index is 3.16. The zero-order valence-electron chi connectivity index (χ0n) is 4.98. The van der Waals surface area contributed by atoms with Gasteiger partial charge in [0.2, 0.25) is 0 Å². The van der Waals surface area contributed by atoms with Crippen LogP contribution in [-0.2, 0) is 0 Å². The van der Waals surface area contributed by atoms with E-state index in [1.165, 1.54) is 6.42 Å². The molecule has 42 valence electrons. The minimum absolute atomic E-state index is 0.667. The molecule has 0 aromatic heterocycles. The fourth-order valence-electron chi connectivity index (χ4n) is 0.430. The lowest BCUT2D eigenvalue weighted by molar-refractivity contribution is 0.982. The molecule has 1 heteroatoms. The van der Waals surface area contributed by atoms with Crippen molar-refractivity contribution in [3.05, 3.63) is 12.7 Å². The molecule has 0 amide bonds. The molecule has 0 spiro atoms. The van der Waals surface area contributed by atoms with Crippen molar-refractivity contribution >= 4 is 11.8 Å². The third-order valence-electron chi connectivity index (χ3n) is 0.968. The van der Waals surface area contributed by atoms with Crippen LogP contribution in [0.1, 0.15) is 13.3 Å². The van der Waals surface area contributed by atoms with Crippen LogP contribution in [-0.4, -0.2) is 11.5 Å². The highest BCUT2D eigenvalue weighted by molar-refractivity contribution is 7.99. The van der Waals surface area contributed by atoms with Crippen LogP contribution < -0.4 is 0 Å². The molecular weight excluding hydrogens is 104 g/mol. The van der Waals surface area contributed by atoms with Gasteiger partial charge in [-0.05, 0) is 12.7 Å². The van der Waals surface area contributed by atoms with Crippen LogP contribution in [0, 0.1) is 0 Å². The van der Waals surface area contributed by atoms with Crippen molar-refractivity contribution in [2.45, 2.75) is 18.6 Å². The monoisotopic (exact) mass is 116 g/mol. The molecule has 0 aliphatic rings. The number of thioether (sulfide) groups is 1. The van der Waals surface area contributed by atoms with E-state index in [0.717, 1.165) is 0 Å². The summed E-state index contributed by atoms with van der Waals surface area (Å²) in [6.07, 6.45) is 5.30. The Labute approximate surface area is 50.0 Å².